The van der Waals surface area contributed by atoms with Crippen LogP contribution in [0, 0.1) is 0 Å². The van der Waals surface area contributed by atoms with Crippen molar-refractivity contribution in [3.05, 3.63) is 0 Å². The van der Waals surface area contributed by atoms with Gasteiger partial charge < -0.3 is 82.8 Å². The van der Waals surface area contributed by atoms with Gasteiger partial charge >= 0.3 is 0 Å². The molecule has 1 aliphatic carbocycles. The van der Waals surface area contributed by atoms with Crippen LogP contribution in [0.5, 0.6) is 0 Å². The van der Waals surface area contributed by atoms with Crippen LogP contribution in [0.1, 0.15) is 19.3 Å². The molecule has 0 aromatic carbocycles. The van der Waals surface area contributed by atoms with Gasteiger partial charge in [-0.2, -0.15) is 0 Å². The smallest absolute Gasteiger partial charge is 0.234 e. The van der Waals surface area contributed by atoms with Crippen molar-refractivity contribution in [1.29, 1.82) is 0 Å². The van der Waals surface area contributed by atoms with Crippen molar-refractivity contribution in [2.45, 2.75) is 117 Å². The van der Waals surface area contributed by atoms with Gasteiger partial charge in [0.05, 0.1) is 43.5 Å². The predicted molar refractivity (Wildman–Crippen MR) is 135 cm³/mol. The topological polar surface area (TPSA) is 293 Å². The summed E-state index contributed by atoms with van der Waals surface area (Å²) in [4.78, 5) is 11.7. The van der Waals surface area contributed by atoms with Crippen molar-refractivity contribution in [3.63, 3.8) is 0 Å². The van der Waals surface area contributed by atoms with E-state index in [1.54, 1.807) is 7.05 Å². The number of carbonyl (C=O) groups excluding carboxylic acids is 1. The van der Waals surface area contributed by atoms with Gasteiger partial charge in [0.15, 0.2) is 18.9 Å². The zero-order valence-corrected chi connectivity index (χ0v) is 22.3. The Labute approximate surface area is 231 Å². The summed E-state index contributed by atoms with van der Waals surface area (Å²) in [6.07, 6.45) is -11.5. The molecule has 0 bridgehead atoms. The Morgan fingerprint density at radius 2 is 1.60 bits per heavy atom. The molecule has 4 rings (SSSR count). The molecule has 15 N–H and O–H groups in total. The van der Waals surface area contributed by atoms with Crippen LogP contribution >= 0.6 is 0 Å². The molecule has 4 fully saturated rings. The van der Waals surface area contributed by atoms with E-state index in [1.165, 1.54) is 0 Å². The van der Waals surface area contributed by atoms with E-state index in [0.29, 0.717) is 0 Å². The zero-order valence-electron chi connectivity index (χ0n) is 22.3. The number of likely N-dealkylation sites (N-methyl/N-ethyl adjacent to an activating group) is 1. The molecule has 17 nitrogen and oxygen atoms in total. The number of fused-ring (bicyclic) bond motifs is 1. The summed E-state index contributed by atoms with van der Waals surface area (Å²) in [6.45, 7) is -0.714. The molecule has 16 atom stereocenters. The minimum Gasteiger partial charge on any atom is -0.394 e. The first-order chi connectivity index (χ1) is 19.0. The van der Waals surface area contributed by atoms with E-state index in [0.717, 1.165) is 0 Å². The minimum atomic E-state index is -1.35. The van der Waals surface area contributed by atoms with Gasteiger partial charge in [0.1, 0.15) is 36.6 Å². The summed E-state index contributed by atoms with van der Waals surface area (Å²) in [6, 6.07) is -3.67. The van der Waals surface area contributed by atoms with E-state index in [9.17, 15) is 30.3 Å². The maximum atomic E-state index is 11.7. The summed E-state index contributed by atoms with van der Waals surface area (Å²) in [5.74, 6) is -0.464. The average molecular weight is 581 g/mol. The Morgan fingerprint density at radius 3 is 2.25 bits per heavy atom. The molecular weight excluding hydrogens is 536 g/mol. The van der Waals surface area contributed by atoms with Gasteiger partial charge in [-0.1, -0.05) is 0 Å². The van der Waals surface area contributed by atoms with Gasteiger partial charge in [-0.25, -0.2) is 0 Å². The Morgan fingerprint density at radius 1 is 0.875 bits per heavy atom. The summed E-state index contributed by atoms with van der Waals surface area (Å²) in [5, 5.41) is 57.8. The molecule has 9 unspecified atom stereocenters. The minimum absolute atomic E-state index is 0.0228. The molecular formula is C23H44N6O11. The number of ether oxygens (including phenoxy) is 5. The molecule has 4 aliphatic rings. The monoisotopic (exact) mass is 580 g/mol. The fraction of sp³-hybridized carbons (Fsp3) is 0.957. The summed E-state index contributed by atoms with van der Waals surface area (Å²) >= 11 is 0. The van der Waals surface area contributed by atoms with Gasteiger partial charge in [0.25, 0.3) is 0 Å². The third kappa shape index (κ3) is 6.59. The quantitative estimate of drug-likeness (QED) is 0.127. The third-order valence-electron chi connectivity index (χ3n) is 8.08. The van der Waals surface area contributed by atoms with E-state index < -0.39 is 110 Å². The van der Waals surface area contributed by atoms with Gasteiger partial charge in [-0.05, 0) is 19.9 Å². The summed E-state index contributed by atoms with van der Waals surface area (Å²) in [5.41, 5.74) is 23.6. The number of aliphatic hydroxyl groups excluding tert-OH is 5. The van der Waals surface area contributed by atoms with Crippen LogP contribution < -0.4 is 33.6 Å². The molecule has 1 saturated carbocycles. The molecule has 0 spiro atoms. The van der Waals surface area contributed by atoms with Crippen LogP contribution in [-0.2, 0) is 28.5 Å². The number of carbonyl (C=O) groups is 1. The fourth-order valence-corrected chi connectivity index (χ4v) is 5.82. The Kier molecular flexibility index (Phi) is 10.7. The first-order valence-corrected chi connectivity index (χ1v) is 13.5. The highest BCUT2D eigenvalue weighted by atomic mass is 16.8. The number of aliphatic hydroxyl groups is 5. The second kappa shape index (κ2) is 13.4. The lowest BCUT2D eigenvalue weighted by molar-refractivity contribution is -0.367. The number of nitrogens with two attached hydrogens (primary N) is 4. The third-order valence-corrected chi connectivity index (χ3v) is 8.08. The lowest BCUT2D eigenvalue weighted by atomic mass is 9.84. The highest BCUT2D eigenvalue weighted by Gasteiger charge is 2.53. The highest BCUT2D eigenvalue weighted by molar-refractivity contribution is 5.78. The number of hydrogen-bond donors (Lipinski definition) is 11. The number of hydrogen-bond acceptors (Lipinski definition) is 16. The van der Waals surface area contributed by atoms with Crippen molar-refractivity contribution in [3.8, 4) is 0 Å². The number of amides is 1. The molecule has 0 radical (unpaired) electrons. The first kappa shape index (κ1) is 31.8. The van der Waals surface area contributed by atoms with Gasteiger partial charge in [-0.15, -0.1) is 0 Å². The normalized spacial score (nSPS) is 49.8. The molecule has 3 heterocycles. The highest BCUT2D eigenvalue weighted by Crippen LogP contribution is 2.35. The standard InChI is InChI=1S/C23H44N6O11/c1-28-15-17(34)20-12(3-9(27)21(39-20)38-19-8(26)2-7(25)16(33)18(19)35)36-23(15)40-22-11(31)4-10(13(6-30)37-22)29-14(32)5-24/h7-13,15-23,28,30-31,33-35H,2-6,24-27H2,1H3,(H,29,32)/t7-,8?,9?,10+,11?,12+,13?,15?,16?,17?,18-,19-,20?,21+,22-,23?/m1/s1. The van der Waals surface area contributed by atoms with Crippen LogP contribution in [-0.4, -0.2) is 150 Å². The van der Waals surface area contributed by atoms with Crippen LogP contribution in [0.15, 0.2) is 0 Å². The SMILES string of the molecule is CNC1C(O[C@H]2OC(CO)[C@@H](NC(=O)CN)CC2O)O[C@H]2CC(N)[C@@H](O[C@@H]3C(N)C[C@@H](N)C(O)[C@H]3O)OC2C1O. The lowest BCUT2D eigenvalue weighted by Crippen LogP contribution is -2.69. The fourth-order valence-electron chi connectivity index (χ4n) is 5.82. The van der Waals surface area contributed by atoms with Gasteiger partial charge in [0.2, 0.25) is 5.91 Å². The summed E-state index contributed by atoms with van der Waals surface area (Å²) in [7, 11) is 1.57. The maximum Gasteiger partial charge on any atom is 0.234 e. The van der Waals surface area contributed by atoms with Gasteiger partial charge in [-0.3, -0.25) is 4.79 Å². The second-order valence-electron chi connectivity index (χ2n) is 10.9. The second-order valence-corrected chi connectivity index (χ2v) is 10.9. The largest absolute Gasteiger partial charge is 0.394 e. The Hall–Kier alpha value is -1.13. The van der Waals surface area contributed by atoms with Crippen LogP contribution in [0.2, 0.25) is 0 Å². The molecule has 40 heavy (non-hydrogen) atoms. The van der Waals surface area contributed by atoms with Crippen molar-refractivity contribution >= 4 is 5.91 Å². The molecule has 17 heteroatoms. The van der Waals surface area contributed by atoms with E-state index in [-0.39, 0.29) is 25.8 Å². The van der Waals surface area contributed by atoms with Crippen LogP contribution in [0.3, 0.4) is 0 Å². The average Bonchev–Trinajstić information content (AvgIpc) is 2.91. The maximum absolute atomic E-state index is 11.7. The lowest BCUT2D eigenvalue weighted by Gasteiger charge is -2.51. The number of rotatable bonds is 8. The van der Waals surface area contributed by atoms with E-state index in [2.05, 4.69) is 10.6 Å². The first-order valence-electron chi connectivity index (χ1n) is 13.5. The van der Waals surface area contributed by atoms with E-state index in [1.807, 2.05) is 0 Å². The Balaban J connectivity index is 1.40. The predicted octanol–water partition coefficient (Wildman–Crippen LogP) is -6.80. The van der Waals surface area contributed by atoms with Crippen LogP contribution in [0.25, 0.3) is 0 Å². The van der Waals surface area contributed by atoms with E-state index >= 15 is 0 Å². The van der Waals surface area contributed by atoms with E-state index in [4.69, 9.17) is 46.6 Å². The molecule has 1 amide bonds. The van der Waals surface area contributed by atoms with Crippen molar-refractivity contribution in [2.24, 2.45) is 22.9 Å². The van der Waals surface area contributed by atoms with Crippen molar-refractivity contribution < 1.29 is 54.0 Å². The molecule has 0 aromatic heterocycles. The van der Waals surface area contributed by atoms with Crippen LogP contribution in [0.4, 0.5) is 0 Å². The molecule has 3 aliphatic heterocycles. The molecule has 0 aromatic rings. The number of nitrogens with one attached hydrogen (secondary N) is 2. The van der Waals surface area contributed by atoms with Gasteiger partial charge in [0, 0.05) is 18.5 Å². The van der Waals surface area contributed by atoms with Crippen molar-refractivity contribution in [2.75, 3.05) is 20.2 Å². The zero-order chi connectivity index (χ0) is 29.3. The molecule has 232 valence electrons. The Bertz CT molecular complexity index is 847. The summed E-state index contributed by atoms with van der Waals surface area (Å²) < 4.78 is 29.7. The molecule has 3 saturated heterocycles. The van der Waals surface area contributed by atoms with Crippen molar-refractivity contribution in [1.82, 2.24) is 10.6 Å².